The Morgan fingerprint density at radius 1 is 1.33 bits per heavy atom. The van der Waals surface area contributed by atoms with Crippen molar-refractivity contribution >= 4 is 15.9 Å². The van der Waals surface area contributed by atoms with E-state index in [0.717, 1.165) is 47.6 Å². The van der Waals surface area contributed by atoms with Gasteiger partial charge in [0.05, 0.1) is 6.20 Å². The van der Waals surface area contributed by atoms with Crippen molar-refractivity contribution in [2.45, 2.75) is 33.6 Å². The molecule has 0 fully saturated rings. The molecule has 0 aliphatic carbocycles. The lowest BCUT2D eigenvalue weighted by Crippen LogP contribution is -2.21. The van der Waals surface area contributed by atoms with E-state index in [1.54, 1.807) is 0 Å². The van der Waals surface area contributed by atoms with Crippen LogP contribution in [0.2, 0.25) is 0 Å². The van der Waals surface area contributed by atoms with Crippen LogP contribution in [0.25, 0.3) is 11.3 Å². The highest BCUT2D eigenvalue weighted by molar-refractivity contribution is 9.10. The average Bonchev–Trinajstić information content (AvgIpc) is 2.86. The average molecular weight is 351 g/mol. The normalized spacial score (nSPS) is 11.3. The highest BCUT2D eigenvalue weighted by Gasteiger charge is 2.09. The van der Waals surface area contributed by atoms with Crippen LogP contribution in [-0.4, -0.2) is 18.1 Å². The van der Waals surface area contributed by atoms with Gasteiger partial charge in [-0.25, -0.2) is 4.98 Å². The summed E-state index contributed by atoms with van der Waals surface area (Å²) in [6, 6.07) is 6.18. The zero-order valence-corrected chi connectivity index (χ0v) is 14.5. The fourth-order valence-corrected chi connectivity index (χ4v) is 2.68. The van der Waals surface area contributed by atoms with Gasteiger partial charge in [0, 0.05) is 16.5 Å². The van der Waals surface area contributed by atoms with E-state index in [9.17, 15) is 0 Å². The highest BCUT2D eigenvalue weighted by atomic mass is 79.9. The molecule has 114 valence electrons. The summed E-state index contributed by atoms with van der Waals surface area (Å²) < 4.78 is 6.95. The second kappa shape index (κ2) is 7.76. The minimum absolute atomic E-state index is 0.693. The van der Waals surface area contributed by atoms with Gasteiger partial charge in [-0.3, -0.25) is 0 Å². The molecule has 3 nitrogen and oxygen atoms in total. The van der Waals surface area contributed by atoms with Crippen molar-refractivity contribution < 1.29 is 4.42 Å². The molecular weight excluding hydrogens is 328 g/mol. The third kappa shape index (κ3) is 4.97. The first-order valence-electron chi connectivity index (χ1n) is 7.48. The number of rotatable bonds is 7. The van der Waals surface area contributed by atoms with Crippen molar-refractivity contribution in [1.82, 2.24) is 10.3 Å². The molecule has 4 heteroatoms. The van der Waals surface area contributed by atoms with E-state index in [0.29, 0.717) is 5.92 Å². The van der Waals surface area contributed by atoms with E-state index in [4.69, 9.17) is 4.42 Å². The summed E-state index contributed by atoms with van der Waals surface area (Å²) in [6.07, 6.45) is 3.75. The monoisotopic (exact) mass is 350 g/mol. The summed E-state index contributed by atoms with van der Waals surface area (Å²) >= 11 is 3.48. The van der Waals surface area contributed by atoms with Crippen molar-refractivity contribution in [1.29, 1.82) is 0 Å². The molecule has 1 heterocycles. The third-order valence-electron chi connectivity index (χ3n) is 3.30. The minimum atomic E-state index is 0.693. The predicted molar refractivity (Wildman–Crippen MR) is 90.4 cm³/mol. The van der Waals surface area contributed by atoms with Crippen LogP contribution in [0.3, 0.4) is 0 Å². The number of aryl methyl sites for hydroxylation is 2. The lowest BCUT2D eigenvalue weighted by molar-refractivity contribution is 0.483. The number of benzene rings is 1. The van der Waals surface area contributed by atoms with Gasteiger partial charge in [0.25, 0.3) is 0 Å². The number of oxazole rings is 1. The lowest BCUT2D eigenvalue weighted by Gasteiger charge is -2.05. The largest absolute Gasteiger partial charge is 0.441 e. The van der Waals surface area contributed by atoms with E-state index < -0.39 is 0 Å². The summed E-state index contributed by atoms with van der Waals surface area (Å²) in [5.74, 6) is 2.36. The molecule has 1 aromatic carbocycles. The molecule has 0 saturated heterocycles. The first-order chi connectivity index (χ1) is 10.1. The molecule has 1 aromatic heterocycles. The van der Waals surface area contributed by atoms with Gasteiger partial charge >= 0.3 is 0 Å². The summed E-state index contributed by atoms with van der Waals surface area (Å²) in [7, 11) is 0. The first-order valence-corrected chi connectivity index (χ1v) is 8.27. The Hall–Kier alpha value is -1.13. The topological polar surface area (TPSA) is 38.1 Å². The van der Waals surface area contributed by atoms with Crippen LogP contribution in [0.1, 0.15) is 31.7 Å². The molecule has 0 atom stereocenters. The molecule has 1 N–H and O–H groups in total. The van der Waals surface area contributed by atoms with Crippen molar-refractivity contribution in [3.8, 4) is 11.3 Å². The third-order valence-corrected chi connectivity index (χ3v) is 3.80. The molecule has 0 unspecified atom stereocenters. The number of aromatic nitrogens is 1. The molecule has 0 amide bonds. The van der Waals surface area contributed by atoms with Crippen LogP contribution < -0.4 is 5.32 Å². The van der Waals surface area contributed by atoms with E-state index >= 15 is 0 Å². The van der Waals surface area contributed by atoms with E-state index in [-0.39, 0.29) is 0 Å². The predicted octanol–water partition coefficient (Wildman–Crippen LogP) is 4.59. The molecule has 21 heavy (non-hydrogen) atoms. The Kier molecular flexibility index (Phi) is 6.00. The molecule has 0 aliphatic heterocycles. The maximum Gasteiger partial charge on any atom is 0.194 e. The number of halogens is 1. The van der Waals surface area contributed by atoms with Crippen LogP contribution >= 0.6 is 15.9 Å². The van der Waals surface area contributed by atoms with Crippen molar-refractivity contribution in [3.63, 3.8) is 0 Å². The van der Waals surface area contributed by atoms with Gasteiger partial charge in [0.1, 0.15) is 0 Å². The van der Waals surface area contributed by atoms with Crippen LogP contribution in [-0.2, 0) is 6.42 Å². The highest BCUT2D eigenvalue weighted by Crippen LogP contribution is 2.26. The van der Waals surface area contributed by atoms with Gasteiger partial charge < -0.3 is 9.73 Å². The molecule has 0 spiro atoms. The van der Waals surface area contributed by atoms with Crippen LogP contribution in [0.5, 0.6) is 0 Å². The Balaban J connectivity index is 1.89. The Morgan fingerprint density at radius 2 is 2.14 bits per heavy atom. The molecule has 0 saturated carbocycles. The van der Waals surface area contributed by atoms with Crippen LogP contribution in [0.4, 0.5) is 0 Å². The second-order valence-corrected chi connectivity index (χ2v) is 6.69. The fraction of sp³-hybridized carbons (Fsp3) is 0.471. The van der Waals surface area contributed by atoms with Crippen molar-refractivity contribution in [3.05, 3.63) is 40.3 Å². The molecule has 0 radical (unpaired) electrons. The van der Waals surface area contributed by atoms with Crippen LogP contribution in [0.15, 0.2) is 33.3 Å². The van der Waals surface area contributed by atoms with E-state index in [1.807, 2.05) is 12.3 Å². The standard InChI is InChI=1S/C17H23BrN2O/c1-12(2)10-19-8-4-5-17-20-11-16(21-17)15-7-6-14(18)9-13(15)3/h6-7,9,11-12,19H,4-5,8,10H2,1-3H3. The number of nitrogens with one attached hydrogen (secondary N) is 1. The second-order valence-electron chi connectivity index (χ2n) is 5.78. The minimum Gasteiger partial charge on any atom is -0.441 e. The lowest BCUT2D eigenvalue weighted by atomic mass is 10.1. The quantitative estimate of drug-likeness (QED) is 0.742. The zero-order chi connectivity index (χ0) is 15.2. The van der Waals surface area contributed by atoms with Gasteiger partial charge in [-0.05, 0) is 56.1 Å². The molecule has 0 bridgehead atoms. The SMILES string of the molecule is Cc1cc(Br)ccc1-c1cnc(CCCNCC(C)C)o1. The number of hydrogen-bond acceptors (Lipinski definition) is 3. The van der Waals surface area contributed by atoms with Gasteiger partial charge in [0.15, 0.2) is 11.7 Å². The summed E-state index contributed by atoms with van der Waals surface area (Å²) in [5.41, 5.74) is 2.29. The maximum atomic E-state index is 5.86. The van der Waals surface area contributed by atoms with Crippen molar-refractivity contribution in [2.24, 2.45) is 5.92 Å². The molecule has 0 aliphatic rings. The summed E-state index contributed by atoms with van der Waals surface area (Å²) in [6.45, 7) is 8.59. The fourth-order valence-electron chi connectivity index (χ4n) is 2.21. The van der Waals surface area contributed by atoms with Crippen LogP contribution in [0, 0.1) is 12.8 Å². The molecule has 2 aromatic rings. The number of nitrogens with zero attached hydrogens (tertiary/aromatic N) is 1. The van der Waals surface area contributed by atoms with Gasteiger partial charge in [-0.15, -0.1) is 0 Å². The van der Waals surface area contributed by atoms with Crippen molar-refractivity contribution in [2.75, 3.05) is 13.1 Å². The summed E-state index contributed by atoms with van der Waals surface area (Å²) in [5, 5.41) is 3.43. The van der Waals surface area contributed by atoms with Gasteiger partial charge in [-0.2, -0.15) is 0 Å². The van der Waals surface area contributed by atoms with E-state index in [1.165, 1.54) is 5.56 Å². The Labute approximate surface area is 135 Å². The molecular formula is C17H23BrN2O. The molecule has 2 rings (SSSR count). The summed E-state index contributed by atoms with van der Waals surface area (Å²) in [4.78, 5) is 4.38. The zero-order valence-electron chi connectivity index (χ0n) is 12.9. The Bertz CT molecular complexity index is 578. The Morgan fingerprint density at radius 3 is 2.86 bits per heavy atom. The number of hydrogen-bond donors (Lipinski definition) is 1. The van der Waals surface area contributed by atoms with E-state index in [2.05, 4.69) is 59.1 Å². The van der Waals surface area contributed by atoms with Gasteiger partial charge in [0.2, 0.25) is 0 Å². The maximum absolute atomic E-state index is 5.86. The smallest absolute Gasteiger partial charge is 0.194 e. The first kappa shape index (κ1) is 16.2. The van der Waals surface area contributed by atoms with Gasteiger partial charge in [-0.1, -0.05) is 29.8 Å².